The highest BCUT2D eigenvalue weighted by molar-refractivity contribution is 5.93. The van der Waals surface area contributed by atoms with Gasteiger partial charge in [-0.15, -0.1) is 0 Å². The molecule has 0 spiro atoms. The van der Waals surface area contributed by atoms with Gasteiger partial charge in [0.2, 0.25) is 0 Å². The molecule has 3 aromatic rings. The number of aromatic nitrogens is 4. The number of hydrogen-bond acceptors (Lipinski definition) is 3. The second-order valence-electron chi connectivity index (χ2n) is 3.23. The summed E-state index contributed by atoms with van der Waals surface area (Å²) in [5.74, 6) is 0. The Balaban J connectivity index is 2.28. The molecule has 72 valence electrons. The summed E-state index contributed by atoms with van der Waals surface area (Å²) < 4.78 is 0. The maximum atomic E-state index is 4.24. The molecule has 0 bridgehead atoms. The number of nitrogens with one attached hydrogen (secondary N) is 1. The molecule has 0 aliphatic rings. The van der Waals surface area contributed by atoms with Crippen LogP contribution in [0.5, 0.6) is 0 Å². The second-order valence-corrected chi connectivity index (χ2v) is 3.23. The van der Waals surface area contributed by atoms with E-state index < -0.39 is 0 Å². The standard InChI is InChI=1S/C11H8N4/c1-2-9-10(7-13-11(9)12-4-1)8-3-5-14-15-6-8/h1-7H,(H,12,13). The maximum absolute atomic E-state index is 4.24. The van der Waals surface area contributed by atoms with Crippen LogP contribution in [0.3, 0.4) is 0 Å². The summed E-state index contributed by atoms with van der Waals surface area (Å²) in [6, 6.07) is 5.89. The molecule has 0 fully saturated rings. The summed E-state index contributed by atoms with van der Waals surface area (Å²) in [5, 5.41) is 8.72. The van der Waals surface area contributed by atoms with Crippen LogP contribution in [0.1, 0.15) is 0 Å². The molecular formula is C11H8N4. The number of aromatic amines is 1. The highest BCUT2D eigenvalue weighted by Gasteiger charge is 2.05. The third-order valence-corrected chi connectivity index (χ3v) is 2.35. The first-order valence-electron chi connectivity index (χ1n) is 4.64. The zero-order valence-corrected chi connectivity index (χ0v) is 7.88. The molecule has 3 rings (SSSR count). The number of H-pyrrole nitrogens is 1. The van der Waals surface area contributed by atoms with Crippen molar-refractivity contribution >= 4 is 11.0 Å². The molecule has 0 atom stereocenters. The van der Waals surface area contributed by atoms with Crippen LogP contribution in [0, 0.1) is 0 Å². The van der Waals surface area contributed by atoms with E-state index in [9.17, 15) is 0 Å². The summed E-state index contributed by atoms with van der Waals surface area (Å²) >= 11 is 0. The fraction of sp³-hybridized carbons (Fsp3) is 0. The van der Waals surface area contributed by atoms with Crippen LogP contribution in [-0.2, 0) is 0 Å². The molecule has 4 heteroatoms. The van der Waals surface area contributed by atoms with E-state index in [4.69, 9.17) is 0 Å². The van der Waals surface area contributed by atoms with E-state index in [1.165, 1.54) is 0 Å². The summed E-state index contributed by atoms with van der Waals surface area (Å²) in [6.07, 6.45) is 7.14. The van der Waals surface area contributed by atoms with Crippen molar-refractivity contribution in [3.63, 3.8) is 0 Å². The predicted octanol–water partition coefficient (Wildman–Crippen LogP) is 2.02. The second kappa shape index (κ2) is 3.16. The van der Waals surface area contributed by atoms with Crippen molar-refractivity contribution in [1.29, 1.82) is 0 Å². The van der Waals surface area contributed by atoms with E-state index in [1.807, 2.05) is 24.4 Å². The third-order valence-electron chi connectivity index (χ3n) is 2.35. The summed E-state index contributed by atoms with van der Waals surface area (Å²) in [4.78, 5) is 7.36. The van der Waals surface area contributed by atoms with Gasteiger partial charge in [0.05, 0.1) is 12.4 Å². The zero-order chi connectivity index (χ0) is 10.1. The number of nitrogens with zero attached hydrogens (tertiary/aromatic N) is 3. The average Bonchev–Trinajstić information content (AvgIpc) is 2.74. The highest BCUT2D eigenvalue weighted by Crippen LogP contribution is 2.25. The van der Waals surface area contributed by atoms with Crippen LogP contribution in [0.2, 0.25) is 0 Å². The molecule has 0 unspecified atom stereocenters. The van der Waals surface area contributed by atoms with Crippen LogP contribution in [-0.4, -0.2) is 20.2 Å². The fourth-order valence-corrected chi connectivity index (χ4v) is 1.64. The lowest BCUT2D eigenvalue weighted by atomic mass is 10.1. The van der Waals surface area contributed by atoms with E-state index in [2.05, 4.69) is 20.2 Å². The first kappa shape index (κ1) is 8.11. The summed E-state index contributed by atoms with van der Waals surface area (Å²) in [6.45, 7) is 0. The first-order chi connectivity index (χ1) is 7.45. The zero-order valence-electron chi connectivity index (χ0n) is 7.88. The molecule has 4 nitrogen and oxygen atoms in total. The van der Waals surface area contributed by atoms with E-state index in [0.29, 0.717) is 0 Å². The Morgan fingerprint density at radius 2 is 2.07 bits per heavy atom. The quantitative estimate of drug-likeness (QED) is 0.647. The van der Waals surface area contributed by atoms with E-state index in [1.54, 1.807) is 18.6 Å². The van der Waals surface area contributed by atoms with Crippen molar-refractivity contribution in [1.82, 2.24) is 20.2 Å². The molecule has 1 N–H and O–H groups in total. The van der Waals surface area contributed by atoms with Crippen molar-refractivity contribution in [2.24, 2.45) is 0 Å². The molecular weight excluding hydrogens is 188 g/mol. The molecule has 0 amide bonds. The summed E-state index contributed by atoms with van der Waals surface area (Å²) in [7, 11) is 0. The smallest absolute Gasteiger partial charge is 0.137 e. The Hall–Kier alpha value is -2.23. The minimum atomic E-state index is 0.893. The minimum Gasteiger partial charge on any atom is -0.346 e. The number of hydrogen-bond donors (Lipinski definition) is 1. The average molecular weight is 196 g/mol. The Bertz CT molecular complexity index is 586. The molecule has 15 heavy (non-hydrogen) atoms. The van der Waals surface area contributed by atoms with Gasteiger partial charge in [-0.1, -0.05) is 0 Å². The lowest BCUT2D eigenvalue weighted by Crippen LogP contribution is -1.80. The van der Waals surface area contributed by atoms with Gasteiger partial charge in [0.1, 0.15) is 5.65 Å². The van der Waals surface area contributed by atoms with Crippen LogP contribution in [0.15, 0.2) is 43.0 Å². The molecule has 3 aromatic heterocycles. The molecule has 3 heterocycles. The van der Waals surface area contributed by atoms with Crippen molar-refractivity contribution in [3.05, 3.63) is 43.0 Å². The molecule has 0 radical (unpaired) electrons. The van der Waals surface area contributed by atoms with Gasteiger partial charge in [0.25, 0.3) is 0 Å². The molecule has 0 saturated carbocycles. The van der Waals surface area contributed by atoms with Gasteiger partial charge in [0.15, 0.2) is 0 Å². The van der Waals surface area contributed by atoms with Gasteiger partial charge in [-0.05, 0) is 18.2 Å². The van der Waals surface area contributed by atoms with E-state index in [-0.39, 0.29) is 0 Å². The Morgan fingerprint density at radius 3 is 2.93 bits per heavy atom. The highest BCUT2D eigenvalue weighted by atomic mass is 15.1. The van der Waals surface area contributed by atoms with Crippen LogP contribution >= 0.6 is 0 Å². The normalized spacial score (nSPS) is 10.7. The number of rotatable bonds is 1. The van der Waals surface area contributed by atoms with Gasteiger partial charge < -0.3 is 4.98 Å². The Labute approximate surface area is 86.0 Å². The van der Waals surface area contributed by atoms with Crippen molar-refractivity contribution in [3.8, 4) is 11.1 Å². The maximum Gasteiger partial charge on any atom is 0.137 e. The number of pyridine rings is 1. The van der Waals surface area contributed by atoms with Crippen LogP contribution < -0.4 is 0 Å². The van der Waals surface area contributed by atoms with Gasteiger partial charge in [0, 0.05) is 28.9 Å². The van der Waals surface area contributed by atoms with Gasteiger partial charge >= 0.3 is 0 Å². The van der Waals surface area contributed by atoms with E-state index in [0.717, 1.165) is 22.2 Å². The SMILES string of the molecule is c1cnc2[nH]cc(-c3ccnnc3)c2c1. The minimum absolute atomic E-state index is 0.893. The van der Waals surface area contributed by atoms with Crippen LogP contribution in [0.4, 0.5) is 0 Å². The fourth-order valence-electron chi connectivity index (χ4n) is 1.64. The molecule has 0 aliphatic heterocycles. The van der Waals surface area contributed by atoms with E-state index >= 15 is 0 Å². The van der Waals surface area contributed by atoms with Gasteiger partial charge in [-0.3, -0.25) is 0 Å². The lowest BCUT2D eigenvalue weighted by molar-refractivity contribution is 1.03. The predicted molar refractivity (Wildman–Crippen MR) is 57.1 cm³/mol. The molecule has 0 saturated heterocycles. The topological polar surface area (TPSA) is 54.5 Å². The summed E-state index contributed by atoms with van der Waals surface area (Å²) in [5.41, 5.74) is 3.04. The Kier molecular flexibility index (Phi) is 1.71. The van der Waals surface area contributed by atoms with Gasteiger partial charge in [-0.2, -0.15) is 10.2 Å². The Morgan fingerprint density at radius 1 is 1.07 bits per heavy atom. The largest absolute Gasteiger partial charge is 0.346 e. The monoisotopic (exact) mass is 196 g/mol. The molecule has 0 aliphatic carbocycles. The van der Waals surface area contributed by atoms with Crippen molar-refractivity contribution in [2.45, 2.75) is 0 Å². The third kappa shape index (κ3) is 1.27. The van der Waals surface area contributed by atoms with Crippen LogP contribution in [0.25, 0.3) is 22.2 Å². The lowest BCUT2D eigenvalue weighted by Gasteiger charge is -1.96. The number of fused-ring (bicyclic) bond motifs is 1. The first-order valence-corrected chi connectivity index (χ1v) is 4.64. The van der Waals surface area contributed by atoms with Crippen molar-refractivity contribution in [2.75, 3.05) is 0 Å². The van der Waals surface area contributed by atoms with Gasteiger partial charge in [-0.25, -0.2) is 4.98 Å². The van der Waals surface area contributed by atoms with Crippen molar-refractivity contribution < 1.29 is 0 Å². The molecule has 0 aromatic carbocycles.